The van der Waals surface area contributed by atoms with E-state index < -0.39 is 34.6 Å². The van der Waals surface area contributed by atoms with Gasteiger partial charge in [0, 0.05) is 50.9 Å². The van der Waals surface area contributed by atoms with Crippen LogP contribution in [0.4, 0.5) is 26.3 Å². The Balaban J connectivity index is 1.35. The molecule has 0 saturated heterocycles. The molecule has 64 heavy (non-hydrogen) atoms. The van der Waals surface area contributed by atoms with Gasteiger partial charge in [0.2, 0.25) is 0 Å². The Kier molecular flexibility index (Phi) is 9.26. The summed E-state index contributed by atoms with van der Waals surface area (Å²) in [5.41, 5.74) is -0.589. The lowest BCUT2D eigenvalue weighted by Crippen LogP contribution is -2.16. The fraction of sp³-hybridized carbons (Fsp3) is 0.163. The SMILES string of the molecule is Cc1nc(C)nc(-c2ccc3c4ccccc4n(-c4cc(-c5c(C(F)(F)F)cccc5C(F)(F)F)cc(-n5c6c(c7ccccc75)C=CC(c5nc(C)nc(C)n5)C6)c4C#N)c3c2)n1. The number of alkyl halides is 6. The molecule has 0 radical (unpaired) electrons. The van der Waals surface area contributed by atoms with Crippen molar-refractivity contribution in [3.05, 3.63) is 160 Å². The van der Waals surface area contributed by atoms with Crippen LogP contribution in [-0.2, 0) is 18.8 Å². The number of benzene rings is 5. The number of hydrogen-bond donors (Lipinski definition) is 0. The lowest BCUT2D eigenvalue weighted by molar-refractivity contribution is -0.142. The van der Waals surface area contributed by atoms with Gasteiger partial charge in [0.05, 0.1) is 39.1 Å². The number of halogens is 6. The molecule has 9 nitrogen and oxygen atoms in total. The molecule has 0 bridgehead atoms. The van der Waals surface area contributed by atoms with E-state index in [-0.39, 0.29) is 29.3 Å². The minimum Gasteiger partial charge on any atom is -0.312 e. The van der Waals surface area contributed by atoms with E-state index in [1.807, 2.05) is 60.7 Å². The van der Waals surface area contributed by atoms with Crippen LogP contribution >= 0.6 is 0 Å². The van der Waals surface area contributed by atoms with Gasteiger partial charge in [0.15, 0.2) is 5.82 Å². The van der Waals surface area contributed by atoms with Crippen LogP contribution in [0.2, 0.25) is 0 Å². The molecular weight excluding hydrogens is 829 g/mol. The Morgan fingerprint density at radius 2 is 1.12 bits per heavy atom. The second-order valence-electron chi connectivity index (χ2n) is 15.7. The highest BCUT2D eigenvalue weighted by molar-refractivity contribution is 6.10. The smallest absolute Gasteiger partial charge is 0.312 e. The Hall–Kier alpha value is -7.73. The van der Waals surface area contributed by atoms with Crippen LogP contribution < -0.4 is 0 Å². The van der Waals surface area contributed by atoms with Crippen molar-refractivity contribution in [1.29, 1.82) is 5.26 Å². The van der Waals surface area contributed by atoms with Crippen LogP contribution in [0, 0.1) is 39.0 Å². The van der Waals surface area contributed by atoms with Gasteiger partial charge >= 0.3 is 12.4 Å². The van der Waals surface area contributed by atoms with Gasteiger partial charge in [-0.1, -0.05) is 66.7 Å². The number of allylic oxidation sites excluding steroid dienone is 1. The van der Waals surface area contributed by atoms with E-state index >= 15 is 26.3 Å². The molecule has 10 rings (SSSR count). The van der Waals surface area contributed by atoms with Crippen LogP contribution in [0.3, 0.4) is 0 Å². The summed E-state index contributed by atoms with van der Waals surface area (Å²) in [6.45, 7) is 7.00. The van der Waals surface area contributed by atoms with Gasteiger partial charge in [-0.2, -0.15) is 31.6 Å². The number of aromatic nitrogens is 8. The molecule has 0 fully saturated rings. The summed E-state index contributed by atoms with van der Waals surface area (Å²) >= 11 is 0. The molecule has 0 spiro atoms. The number of nitrogens with zero attached hydrogens (tertiary/aromatic N) is 9. The van der Waals surface area contributed by atoms with Gasteiger partial charge in [-0.05, 0) is 75.7 Å². The van der Waals surface area contributed by atoms with Crippen LogP contribution in [0.5, 0.6) is 0 Å². The molecule has 316 valence electrons. The van der Waals surface area contributed by atoms with Crippen LogP contribution in [-0.4, -0.2) is 39.0 Å². The fourth-order valence-corrected chi connectivity index (χ4v) is 9.13. The molecule has 1 aliphatic rings. The first-order valence-electron chi connectivity index (χ1n) is 20.2. The average Bonchev–Trinajstić information content (AvgIpc) is 3.76. The first kappa shape index (κ1) is 40.3. The van der Waals surface area contributed by atoms with Crippen molar-refractivity contribution in [3.63, 3.8) is 0 Å². The molecule has 0 saturated carbocycles. The topological polar surface area (TPSA) is 111 Å². The standard InChI is InChI=1S/C49H33F6N9/c1-25-57-26(2)60-46(59-25)29-16-18-34-32-10-5-7-14-39(32)63(41(34)20-29)43-22-31(45-37(48(50,51)52)12-9-13-38(45)49(53,54)55)23-44(36(43)24-56)64-40-15-8-6-11-33(40)35-19-17-30(21-42(35)64)47-61-27(3)58-28(4)62-47/h5-20,22-23,30H,21H2,1-4H3. The fourth-order valence-electron chi connectivity index (χ4n) is 9.13. The van der Waals surface area contributed by atoms with Crippen LogP contribution in [0.25, 0.3) is 72.7 Å². The molecular formula is C49H33F6N9. The Labute approximate surface area is 361 Å². The molecule has 0 amide bonds. The average molecular weight is 862 g/mol. The summed E-state index contributed by atoms with van der Waals surface area (Å²) in [5.74, 6) is 2.48. The lowest BCUT2D eigenvalue weighted by Gasteiger charge is -2.24. The first-order chi connectivity index (χ1) is 30.6. The molecule has 4 aromatic heterocycles. The quantitative estimate of drug-likeness (QED) is 0.158. The molecule has 1 aliphatic carbocycles. The number of para-hydroxylation sites is 2. The second kappa shape index (κ2) is 14.7. The molecule has 1 atom stereocenters. The van der Waals surface area contributed by atoms with Crippen molar-refractivity contribution in [3.8, 4) is 40.0 Å². The largest absolute Gasteiger partial charge is 0.417 e. The monoisotopic (exact) mass is 861 g/mol. The third-order valence-electron chi connectivity index (χ3n) is 11.6. The summed E-state index contributed by atoms with van der Waals surface area (Å²) < 4.78 is 94.1. The normalized spacial score (nSPS) is 14.1. The highest BCUT2D eigenvalue weighted by atomic mass is 19.4. The summed E-state index contributed by atoms with van der Waals surface area (Å²) in [5, 5.41) is 13.6. The number of rotatable bonds is 5. The van der Waals surface area contributed by atoms with Crippen molar-refractivity contribution in [2.75, 3.05) is 0 Å². The van der Waals surface area contributed by atoms with Crippen LogP contribution in [0.15, 0.2) is 103 Å². The van der Waals surface area contributed by atoms with Crippen molar-refractivity contribution in [2.24, 2.45) is 0 Å². The van der Waals surface area contributed by atoms with Crippen LogP contribution in [0.1, 0.15) is 63.0 Å². The van der Waals surface area contributed by atoms with Crippen molar-refractivity contribution in [1.82, 2.24) is 39.0 Å². The molecule has 0 aliphatic heterocycles. The van der Waals surface area contributed by atoms with E-state index in [1.54, 1.807) is 55.0 Å². The minimum atomic E-state index is -5.19. The minimum absolute atomic E-state index is 0.00297. The van der Waals surface area contributed by atoms with Crippen molar-refractivity contribution >= 4 is 38.8 Å². The Morgan fingerprint density at radius 3 is 1.73 bits per heavy atom. The van der Waals surface area contributed by atoms with Gasteiger partial charge < -0.3 is 9.13 Å². The van der Waals surface area contributed by atoms with E-state index in [0.717, 1.165) is 22.4 Å². The highest BCUT2D eigenvalue weighted by Gasteiger charge is 2.42. The summed E-state index contributed by atoms with van der Waals surface area (Å²) in [7, 11) is 0. The van der Waals surface area contributed by atoms with E-state index in [4.69, 9.17) is 0 Å². The van der Waals surface area contributed by atoms with Crippen molar-refractivity contribution in [2.45, 2.75) is 52.4 Å². The molecule has 15 heteroatoms. The zero-order chi connectivity index (χ0) is 44.8. The zero-order valence-corrected chi connectivity index (χ0v) is 34.5. The summed E-state index contributed by atoms with van der Waals surface area (Å²) in [4.78, 5) is 27.0. The van der Waals surface area contributed by atoms with Crippen molar-refractivity contribution < 1.29 is 26.3 Å². The Bertz CT molecular complexity index is 3410. The zero-order valence-electron chi connectivity index (χ0n) is 34.5. The van der Waals surface area contributed by atoms with Gasteiger partial charge in [-0.15, -0.1) is 0 Å². The van der Waals surface area contributed by atoms with Gasteiger partial charge in [-0.3, -0.25) is 0 Å². The summed E-state index contributed by atoms with van der Waals surface area (Å²) in [6, 6.07) is 27.1. The Morgan fingerprint density at radius 1 is 0.578 bits per heavy atom. The number of aryl methyl sites for hydroxylation is 4. The molecule has 1 unspecified atom stereocenters. The van der Waals surface area contributed by atoms with Gasteiger partial charge in [0.25, 0.3) is 0 Å². The number of fused-ring (bicyclic) bond motifs is 6. The van der Waals surface area contributed by atoms with E-state index in [9.17, 15) is 5.26 Å². The maximum atomic E-state index is 15.1. The second-order valence-corrected chi connectivity index (χ2v) is 15.7. The van der Waals surface area contributed by atoms with Gasteiger partial charge in [0.1, 0.15) is 40.8 Å². The third-order valence-corrected chi connectivity index (χ3v) is 11.6. The van der Waals surface area contributed by atoms with E-state index in [2.05, 4.69) is 36.0 Å². The molecule has 4 heterocycles. The third kappa shape index (κ3) is 6.64. The predicted octanol–water partition coefficient (Wildman–Crippen LogP) is 11.9. The summed E-state index contributed by atoms with van der Waals surface area (Å²) in [6.07, 6.45) is -6.20. The van der Waals surface area contributed by atoms with Gasteiger partial charge in [-0.25, -0.2) is 29.9 Å². The lowest BCUT2D eigenvalue weighted by atomic mass is 9.90. The number of nitriles is 1. The molecule has 5 aromatic carbocycles. The maximum absolute atomic E-state index is 15.1. The highest BCUT2D eigenvalue weighted by Crippen LogP contribution is 2.48. The predicted molar refractivity (Wildman–Crippen MR) is 231 cm³/mol. The number of hydrogen-bond acceptors (Lipinski definition) is 7. The van der Waals surface area contributed by atoms with E-state index in [0.29, 0.717) is 80.3 Å². The maximum Gasteiger partial charge on any atom is 0.417 e. The first-order valence-corrected chi connectivity index (χ1v) is 20.2. The molecule has 9 aromatic rings. The van der Waals surface area contributed by atoms with E-state index in [1.165, 1.54) is 12.1 Å². The molecule has 0 N–H and O–H groups in total.